The van der Waals surface area contributed by atoms with Gasteiger partial charge >= 0.3 is 0 Å². The minimum absolute atomic E-state index is 0.157. The standard InChI is InChI=1S/C26H33N5/c1-17-7-6-8-22(18(17)2)19(3)27-25-24-13-21(9-10-23(24)20(4)28-29-25)31-15-26(16-31)11-12-30(5)14-26/h6-10,13,19H,11-12,14-16H2,1-5H3,(H,27,29)/t19-/m1/s1. The van der Waals surface area contributed by atoms with Gasteiger partial charge in [0.2, 0.25) is 0 Å². The topological polar surface area (TPSA) is 44.3 Å². The Morgan fingerprint density at radius 3 is 2.55 bits per heavy atom. The van der Waals surface area contributed by atoms with Gasteiger partial charge in [-0.15, -0.1) is 5.10 Å². The fraction of sp³-hybridized carbons (Fsp3) is 0.462. The highest BCUT2D eigenvalue weighted by Gasteiger charge is 2.46. The molecule has 0 bridgehead atoms. The number of nitrogens with one attached hydrogen (secondary N) is 1. The van der Waals surface area contributed by atoms with Crippen molar-refractivity contribution in [2.45, 2.75) is 40.2 Å². The zero-order chi connectivity index (χ0) is 21.8. The normalized spacial score (nSPS) is 19.1. The van der Waals surface area contributed by atoms with E-state index in [-0.39, 0.29) is 6.04 Å². The van der Waals surface area contributed by atoms with Gasteiger partial charge in [-0.3, -0.25) is 0 Å². The van der Waals surface area contributed by atoms with E-state index in [1.807, 2.05) is 6.92 Å². The average molecular weight is 416 g/mol. The third-order valence-electron chi connectivity index (χ3n) is 7.46. The van der Waals surface area contributed by atoms with Crippen molar-refractivity contribution in [3.8, 4) is 0 Å². The summed E-state index contributed by atoms with van der Waals surface area (Å²) in [6.07, 6.45) is 1.32. The van der Waals surface area contributed by atoms with E-state index in [4.69, 9.17) is 0 Å². The van der Waals surface area contributed by atoms with Gasteiger partial charge in [-0.2, -0.15) is 5.10 Å². The highest BCUT2D eigenvalue weighted by atomic mass is 15.3. The van der Waals surface area contributed by atoms with Crippen LogP contribution in [0.4, 0.5) is 11.5 Å². The Bertz CT molecular complexity index is 1130. The first-order valence-corrected chi connectivity index (χ1v) is 11.4. The first-order valence-electron chi connectivity index (χ1n) is 11.4. The van der Waals surface area contributed by atoms with Crippen molar-refractivity contribution in [3.63, 3.8) is 0 Å². The molecular weight excluding hydrogens is 382 g/mol. The first kappa shape index (κ1) is 20.3. The minimum Gasteiger partial charge on any atom is -0.370 e. The molecule has 2 saturated heterocycles. The minimum atomic E-state index is 0.157. The zero-order valence-electron chi connectivity index (χ0n) is 19.4. The number of likely N-dealkylation sites (tertiary alicyclic amines) is 1. The molecule has 162 valence electrons. The second-order valence-electron chi connectivity index (χ2n) is 9.86. The van der Waals surface area contributed by atoms with Crippen molar-refractivity contribution in [1.29, 1.82) is 0 Å². The molecule has 2 aliphatic heterocycles. The molecule has 1 spiro atoms. The van der Waals surface area contributed by atoms with Gasteiger partial charge in [0.05, 0.1) is 11.7 Å². The van der Waals surface area contributed by atoms with Crippen LogP contribution in [0.25, 0.3) is 10.8 Å². The Balaban J connectivity index is 1.44. The molecule has 2 aromatic carbocycles. The summed E-state index contributed by atoms with van der Waals surface area (Å²) in [6.45, 7) is 13.4. The molecule has 3 aromatic rings. The second-order valence-corrected chi connectivity index (χ2v) is 9.86. The molecule has 1 N–H and O–H groups in total. The van der Waals surface area contributed by atoms with Crippen molar-refractivity contribution < 1.29 is 0 Å². The number of anilines is 2. The smallest absolute Gasteiger partial charge is 0.157 e. The number of hydrogen-bond donors (Lipinski definition) is 1. The molecule has 0 radical (unpaired) electrons. The van der Waals surface area contributed by atoms with Crippen LogP contribution in [-0.2, 0) is 0 Å². The predicted molar refractivity (Wildman–Crippen MR) is 129 cm³/mol. The van der Waals surface area contributed by atoms with Gasteiger partial charge in [-0.05, 0) is 76.5 Å². The number of benzene rings is 2. The van der Waals surface area contributed by atoms with Crippen LogP contribution in [0.2, 0.25) is 0 Å². The molecule has 1 atom stereocenters. The third kappa shape index (κ3) is 3.55. The molecule has 5 nitrogen and oxygen atoms in total. The number of aryl methyl sites for hydroxylation is 2. The summed E-state index contributed by atoms with van der Waals surface area (Å²) >= 11 is 0. The monoisotopic (exact) mass is 415 g/mol. The molecule has 1 aromatic heterocycles. The van der Waals surface area contributed by atoms with Crippen molar-refractivity contribution in [2.24, 2.45) is 5.41 Å². The van der Waals surface area contributed by atoms with Crippen molar-refractivity contribution in [3.05, 3.63) is 58.8 Å². The van der Waals surface area contributed by atoms with Gasteiger partial charge < -0.3 is 15.1 Å². The van der Waals surface area contributed by atoms with E-state index in [1.165, 1.54) is 47.3 Å². The molecule has 3 heterocycles. The van der Waals surface area contributed by atoms with E-state index in [9.17, 15) is 0 Å². The summed E-state index contributed by atoms with van der Waals surface area (Å²) < 4.78 is 0. The Kier molecular flexibility index (Phi) is 4.89. The zero-order valence-corrected chi connectivity index (χ0v) is 19.4. The summed E-state index contributed by atoms with van der Waals surface area (Å²) in [7, 11) is 2.24. The maximum Gasteiger partial charge on any atom is 0.157 e. The molecule has 0 aliphatic carbocycles. The molecule has 31 heavy (non-hydrogen) atoms. The summed E-state index contributed by atoms with van der Waals surface area (Å²) in [6, 6.07) is 13.4. The lowest BCUT2D eigenvalue weighted by molar-refractivity contribution is 0.218. The fourth-order valence-electron chi connectivity index (χ4n) is 5.47. The highest BCUT2D eigenvalue weighted by Crippen LogP contribution is 2.42. The van der Waals surface area contributed by atoms with Gasteiger partial charge in [-0.25, -0.2) is 0 Å². The summed E-state index contributed by atoms with van der Waals surface area (Å²) in [5, 5.41) is 15.0. The third-order valence-corrected chi connectivity index (χ3v) is 7.46. The second kappa shape index (κ2) is 7.49. The molecule has 2 aliphatic rings. The van der Waals surface area contributed by atoms with E-state index in [2.05, 4.69) is 89.5 Å². The Hall–Kier alpha value is -2.66. The van der Waals surface area contributed by atoms with Crippen LogP contribution in [0.3, 0.4) is 0 Å². The molecule has 5 heteroatoms. The Morgan fingerprint density at radius 2 is 1.81 bits per heavy atom. The maximum absolute atomic E-state index is 4.56. The summed E-state index contributed by atoms with van der Waals surface area (Å²) in [5.41, 5.74) is 6.72. The van der Waals surface area contributed by atoms with Crippen molar-refractivity contribution in [2.75, 3.05) is 43.4 Å². The van der Waals surface area contributed by atoms with Crippen LogP contribution in [-0.4, -0.2) is 48.3 Å². The van der Waals surface area contributed by atoms with Crippen LogP contribution in [0, 0.1) is 26.2 Å². The van der Waals surface area contributed by atoms with Crippen LogP contribution < -0.4 is 10.2 Å². The maximum atomic E-state index is 4.56. The molecule has 0 saturated carbocycles. The number of hydrogen-bond acceptors (Lipinski definition) is 5. The van der Waals surface area contributed by atoms with Crippen molar-refractivity contribution >= 4 is 22.3 Å². The predicted octanol–water partition coefficient (Wildman–Crippen LogP) is 4.87. The van der Waals surface area contributed by atoms with Gasteiger partial charge in [0.15, 0.2) is 5.82 Å². The lowest BCUT2D eigenvalue weighted by Crippen LogP contribution is -2.57. The molecule has 2 fully saturated rings. The quantitative estimate of drug-likeness (QED) is 0.659. The lowest BCUT2D eigenvalue weighted by atomic mass is 9.78. The van der Waals surface area contributed by atoms with Gasteiger partial charge in [-0.1, -0.05) is 24.3 Å². The van der Waals surface area contributed by atoms with Crippen molar-refractivity contribution in [1.82, 2.24) is 15.1 Å². The van der Waals surface area contributed by atoms with Gasteiger partial charge in [0, 0.05) is 41.5 Å². The van der Waals surface area contributed by atoms with Crippen LogP contribution in [0.5, 0.6) is 0 Å². The number of aromatic nitrogens is 2. The molecular formula is C26H33N5. The van der Waals surface area contributed by atoms with Crippen LogP contribution in [0.1, 0.15) is 41.8 Å². The largest absolute Gasteiger partial charge is 0.370 e. The van der Waals surface area contributed by atoms with E-state index in [1.54, 1.807) is 0 Å². The SMILES string of the molecule is Cc1cccc([C@@H](C)Nc2nnc(C)c3ccc(N4CC5(CCN(C)C5)C4)cc23)c1C. The van der Waals surface area contributed by atoms with Crippen LogP contribution in [0.15, 0.2) is 36.4 Å². The fourth-order valence-corrected chi connectivity index (χ4v) is 5.47. The lowest BCUT2D eigenvalue weighted by Gasteiger charge is -2.49. The van der Waals surface area contributed by atoms with Gasteiger partial charge in [0.1, 0.15) is 0 Å². The Morgan fingerprint density at radius 1 is 1.00 bits per heavy atom. The van der Waals surface area contributed by atoms with E-state index < -0.39 is 0 Å². The molecule has 5 rings (SSSR count). The summed E-state index contributed by atoms with van der Waals surface area (Å²) in [4.78, 5) is 4.99. The number of rotatable bonds is 4. The Labute approximate surface area is 185 Å². The van der Waals surface area contributed by atoms with E-state index in [0.717, 1.165) is 30.0 Å². The first-order chi connectivity index (χ1) is 14.8. The number of fused-ring (bicyclic) bond motifs is 1. The van der Waals surface area contributed by atoms with E-state index in [0.29, 0.717) is 5.41 Å². The molecule has 0 unspecified atom stereocenters. The number of nitrogens with zero attached hydrogens (tertiary/aromatic N) is 4. The summed E-state index contributed by atoms with van der Waals surface area (Å²) in [5.74, 6) is 0.867. The van der Waals surface area contributed by atoms with E-state index >= 15 is 0 Å². The average Bonchev–Trinajstić information content (AvgIpc) is 3.13. The highest BCUT2D eigenvalue weighted by molar-refractivity contribution is 5.95. The molecule has 0 amide bonds. The van der Waals surface area contributed by atoms with Gasteiger partial charge in [0.25, 0.3) is 0 Å². The van der Waals surface area contributed by atoms with Crippen LogP contribution >= 0.6 is 0 Å².